The van der Waals surface area contributed by atoms with Crippen molar-refractivity contribution in [1.82, 2.24) is 24.2 Å². The molecule has 12 nitrogen and oxygen atoms in total. The Bertz CT molecular complexity index is 2980. The summed E-state index contributed by atoms with van der Waals surface area (Å²) in [5.41, 5.74) is 5.71. The van der Waals surface area contributed by atoms with E-state index in [1.807, 2.05) is 127 Å². The third kappa shape index (κ3) is 12.5. The van der Waals surface area contributed by atoms with Crippen LogP contribution in [0.25, 0.3) is 22.3 Å². The van der Waals surface area contributed by atoms with Crippen molar-refractivity contribution in [1.29, 1.82) is 0 Å². The number of nitrogens with zero attached hydrogens (tertiary/aromatic N) is 3. The van der Waals surface area contributed by atoms with Crippen molar-refractivity contribution in [2.75, 3.05) is 31.2 Å². The molecule has 0 bridgehead atoms. The molecule has 9 rings (SSSR count). The Balaban J connectivity index is 0.000000192. The van der Waals surface area contributed by atoms with Crippen molar-refractivity contribution in [3.8, 4) is 28.0 Å². The number of rotatable bonds is 16. The first kappa shape index (κ1) is 49.2. The quantitative estimate of drug-likeness (QED) is 0.0960. The summed E-state index contributed by atoms with van der Waals surface area (Å²) in [5.74, 6) is 1.25. The second-order valence-corrected chi connectivity index (χ2v) is 22.1. The fourth-order valence-corrected chi connectivity index (χ4v) is 14.0. The van der Waals surface area contributed by atoms with Crippen LogP contribution in [0, 0.1) is 0 Å². The first-order valence-electron chi connectivity index (χ1n) is 22.4. The van der Waals surface area contributed by atoms with Crippen LogP contribution in [0.15, 0.2) is 204 Å². The Labute approximate surface area is 412 Å². The number of benzene rings is 6. The van der Waals surface area contributed by atoms with E-state index in [2.05, 4.69) is 15.6 Å². The van der Waals surface area contributed by atoms with Crippen LogP contribution in [0.1, 0.15) is 23.6 Å². The number of thioether (sulfide) groups is 2. The van der Waals surface area contributed by atoms with Crippen molar-refractivity contribution >= 4 is 55.4 Å². The number of amides is 2. The summed E-state index contributed by atoms with van der Waals surface area (Å²) in [5, 5.41) is 4.30. The van der Waals surface area contributed by atoms with E-state index >= 15 is 0 Å². The molecule has 354 valence electrons. The number of pyridine rings is 1. The topological polar surface area (TPSA) is 155 Å². The maximum atomic E-state index is 13.6. The van der Waals surface area contributed by atoms with Gasteiger partial charge in [0.25, 0.3) is 0 Å². The molecule has 3 unspecified atom stereocenters. The van der Waals surface area contributed by atoms with Crippen molar-refractivity contribution < 1.29 is 31.2 Å². The van der Waals surface area contributed by atoms with Crippen LogP contribution in [-0.2, 0) is 36.2 Å². The van der Waals surface area contributed by atoms with Crippen molar-refractivity contribution in [2.45, 2.75) is 39.5 Å². The molecule has 2 saturated heterocycles. The highest BCUT2D eigenvalue weighted by Gasteiger charge is 2.42. The first-order chi connectivity index (χ1) is 33.6. The van der Waals surface area contributed by atoms with Crippen molar-refractivity contribution in [3.63, 3.8) is 0 Å². The normalized spacial score (nSPS) is 16.7. The average Bonchev–Trinajstić information content (AvgIpc) is 4.13. The molecule has 3 atom stereocenters. The van der Waals surface area contributed by atoms with Crippen molar-refractivity contribution in [3.05, 3.63) is 206 Å². The van der Waals surface area contributed by atoms with Gasteiger partial charge in [0.1, 0.15) is 16.5 Å². The van der Waals surface area contributed by atoms with Gasteiger partial charge in [0.05, 0.1) is 22.4 Å². The number of sulfonamides is 2. The van der Waals surface area contributed by atoms with Gasteiger partial charge in [-0.2, -0.15) is 8.61 Å². The molecule has 2 N–H and O–H groups in total. The lowest BCUT2D eigenvalue weighted by Gasteiger charge is -2.26. The van der Waals surface area contributed by atoms with Gasteiger partial charge >= 0.3 is 0 Å². The highest BCUT2D eigenvalue weighted by molar-refractivity contribution is 8.02. The standard InChI is InChI=1S/C31H30N2O4S2.C22H21N3O3S2/c34-30(32-29(26-12-6-2-7-13-26)20-22-37-27-14-8-3-9-15-27)31-33(21-23-38-31)39(35,36)28-18-16-25(17-19-28)24-10-4-1-5-11-24;26-21(24-16-17-5-4-12-23-15-17)22-25(13-14-29-22)30(27,28)20-10-8-19(9-11-20)18-6-2-1-3-7-18/h1-19,29,31H,20-23H2,(H,32,34);1-12,15,22H,13-14,16H2,(H,24,26). The molecule has 2 aliphatic heterocycles. The van der Waals surface area contributed by atoms with Gasteiger partial charge in [-0.3, -0.25) is 14.6 Å². The molecule has 3 heterocycles. The molecule has 0 spiro atoms. The van der Waals surface area contributed by atoms with Gasteiger partial charge in [0, 0.05) is 50.0 Å². The molecule has 1 aromatic heterocycles. The largest absolute Gasteiger partial charge is 0.494 e. The number of carbonyl (C=O) groups excluding carboxylic acids is 2. The average molecular weight is 998 g/mol. The smallest absolute Gasteiger partial charge is 0.249 e. The van der Waals surface area contributed by atoms with E-state index in [-0.39, 0.29) is 34.2 Å². The van der Waals surface area contributed by atoms with Crippen molar-refractivity contribution in [2.24, 2.45) is 0 Å². The zero-order valence-corrected chi connectivity index (χ0v) is 40.8. The summed E-state index contributed by atoms with van der Waals surface area (Å²) in [6, 6.07) is 55.7. The van der Waals surface area contributed by atoms with E-state index in [9.17, 15) is 26.4 Å². The predicted molar refractivity (Wildman–Crippen MR) is 274 cm³/mol. The monoisotopic (exact) mass is 997 g/mol. The summed E-state index contributed by atoms with van der Waals surface area (Å²) >= 11 is 2.68. The van der Waals surface area contributed by atoms with Gasteiger partial charge < -0.3 is 15.4 Å². The van der Waals surface area contributed by atoms with Gasteiger partial charge in [-0.1, -0.05) is 140 Å². The molecular weight excluding hydrogens is 947 g/mol. The Kier molecular flexibility index (Phi) is 16.6. The van der Waals surface area contributed by atoms with Gasteiger partial charge in [-0.05, 0) is 75.8 Å². The minimum Gasteiger partial charge on any atom is -0.494 e. The third-order valence-electron chi connectivity index (χ3n) is 11.4. The third-order valence-corrected chi connectivity index (χ3v) is 17.8. The summed E-state index contributed by atoms with van der Waals surface area (Å²) < 4.78 is 62.1. The molecule has 2 aliphatic rings. The molecule has 6 aromatic carbocycles. The molecular formula is C53H51N5O7S4. The maximum absolute atomic E-state index is 13.6. The van der Waals surface area contributed by atoms with Crippen LogP contribution in [0.3, 0.4) is 0 Å². The molecule has 7 aromatic rings. The molecule has 69 heavy (non-hydrogen) atoms. The zero-order chi connectivity index (χ0) is 48.1. The van der Waals surface area contributed by atoms with E-state index in [1.165, 1.54) is 32.1 Å². The lowest BCUT2D eigenvalue weighted by Crippen LogP contribution is -2.45. The predicted octanol–water partition coefficient (Wildman–Crippen LogP) is 8.87. The molecule has 0 saturated carbocycles. The van der Waals surface area contributed by atoms with Crippen LogP contribution < -0.4 is 15.4 Å². The van der Waals surface area contributed by atoms with Crippen LogP contribution in [-0.4, -0.2) is 84.2 Å². The fourth-order valence-electron chi connectivity index (χ4n) is 7.83. The van der Waals surface area contributed by atoms with Crippen LogP contribution in [0.2, 0.25) is 0 Å². The van der Waals surface area contributed by atoms with E-state index in [4.69, 9.17) is 4.74 Å². The second-order valence-electron chi connectivity index (χ2n) is 16.0. The molecule has 2 fully saturated rings. The lowest BCUT2D eigenvalue weighted by atomic mass is 10.0. The Morgan fingerprint density at radius 3 is 1.54 bits per heavy atom. The number of aromatic nitrogens is 1. The Hall–Kier alpha value is -6.27. The van der Waals surface area contributed by atoms with Gasteiger partial charge in [-0.25, -0.2) is 16.8 Å². The van der Waals surface area contributed by atoms with Crippen LogP contribution in [0.5, 0.6) is 5.75 Å². The molecule has 16 heteroatoms. The Morgan fingerprint density at radius 2 is 1.04 bits per heavy atom. The molecule has 0 radical (unpaired) electrons. The number of para-hydroxylation sites is 1. The highest BCUT2D eigenvalue weighted by atomic mass is 32.2. The fraction of sp³-hybridized carbons (Fsp3) is 0.189. The first-order valence-corrected chi connectivity index (χ1v) is 27.3. The number of nitrogens with one attached hydrogen (secondary N) is 2. The van der Waals surface area contributed by atoms with E-state index < -0.39 is 30.8 Å². The van der Waals surface area contributed by atoms with E-state index in [0.717, 1.165) is 39.1 Å². The van der Waals surface area contributed by atoms with Gasteiger partial charge in [0.2, 0.25) is 31.9 Å². The number of ether oxygens (including phenoxy) is 1. The maximum Gasteiger partial charge on any atom is 0.249 e. The van der Waals surface area contributed by atoms with Crippen LogP contribution in [0.4, 0.5) is 0 Å². The number of hydrogen-bond donors (Lipinski definition) is 2. The summed E-state index contributed by atoms with van der Waals surface area (Å²) in [6.07, 6.45) is 3.87. The minimum atomic E-state index is -3.86. The second kappa shape index (κ2) is 23.4. The summed E-state index contributed by atoms with van der Waals surface area (Å²) in [4.78, 5) is 30.6. The zero-order valence-electron chi connectivity index (χ0n) is 37.5. The number of carbonyl (C=O) groups is 2. The van der Waals surface area contributed by atoms with Crippen LogP contribution >= 0.6 is 23.5 Å². The summed E-state index contributed by atoms with van der Waals surface area (Å²) in [6.45, 7) is 1.29. The Morgan fingerprint density at radius 1 is 0.580 bits per heavy atom. The SMILES string of the molecule is O=C(NC(CCOc1ccccc1)c1ccccc1)C1SCCN1S(=O)(=O)c1ccc(-c2ccccc2)cc1.O=C(NCc1cccnc1)C1SCCN1S(=O)(=O)c1ccc(-c2ccccc2)cc1. The van der Waals surface area contributed by atoms with E-state index in [0.29, 0.717) is 37.6 Å². The van der Waals surface area contributed by atoms with E-state index in [1.54, 1.807) is 67.0 Å². The highest BCUT2D eigenvalue weighted by Crippen LogP contribution is 2.34. The molecule has 2 amide bonds. The van der Waals surface area contributed by atoms with Gasteiger partial charge in [-0.15, -0.1) is 23.5 Å². The lowest BCUT2D eigenvalue weighted by molar-refractivity contribution is -0.123. The number of hydrogen-bond acceptors (Lipinski definition) is 10. The molecule has 0 aliphatic carbocycles. The van der Waals surface area contributed by atoms with Gasteiger partial charge in [0.15, 0.2) is 0 Å². The summed E-state index contributed by atoms with van der Waals surface area (Å²) in [7, 11) is -7.63. The minimum absolute atomic E-state index is 0.179.